The highest BCUT2D eigenvalue weighted by Gasteiger charge is 2.19. The molecule has 0 saturated heterocycles. The average molecular weight is 282 g/mol. The number of rotatable bonds is 4. The summed E-state index contributed by atoms with van der Waals surface area (Å²) in [5.74, 6) is 5.68. The van der Waals surface area contributed by atoms with Crippen LogP contribution < -0.4 is 16.0 Å². The van der Waals surface area contributed by atoms with Crippen molar-refractivity contribution >= 4 is 11.6 Å². The van der Waals surface area contributed by atoms with Crippen molar-refractivity contribution in [2.24, 2.45) is 5.84 Å². The highest BCUT2D eigenvalue weighted by Crippen LogP contribution is 2.29. The minimum Gasteiger partial charge on any atom is -0.495 e. The van der Waals surface area contributed by atoms with Gasteiger partial charge in [0.25, 0.3) is 0 Å². The number of nitrogens with zero attached hydrogens (tertiary/aromatic N) is 1. The van der Waals surface area contributed by atoms with Gasteiger partial charge in [-0.3, -0.25) is 10.8 Å². The van der Waals surface area contributed by atoms with Gasteiger partial charge in [0.05, 0.1) is 18.2 Å². The molecule has 2 rings (SSSR count). The van der Waals surface area contributed by atoms with Crippen LogP contribution in [0.1, 0.15) is 17.3 Å². The van der Waals surface area contributed by atoms with E-state index < -0.39 is 11.9 Å². The van der Waals surface area contributed by atoms with Crippen molar-refractivity contribution in [3.8, 4) is 5.75 Å². The first-order valence-electron chi connectivity index (χ1n) is 5.57. The monoisotopic (exact) mass is 281 g/mol. The van der Waals surface area contributed by atoms with Crippen LogP contribution in [-0.2, 0) is 0 Å². The van der Waals surface area contributed by atoms with Gasteiger partial charge in [-0.05, 0) is 29.8 Å². The van der Waals surface area contributed by atoms with Crippen LogP contribution in [0.4, 0.5) is 4.39 Å². The van der Waals surface area contributed by atoms with Gasteiger partial charge < -0.3 is 4.74 Å². The third kappa shape index (κ3) is 2.84. The first kappa shape index (κ1) is 13.7. The third-order valence-corrected chi connectivity index (χ3v) is 3.03. The molecule has 1 unspecified atom stereocenters. The van der Waals surface area contributed by atoms with Gasteiger partial charge in [-0.25, -0.2) is 9.82 Å². The van der Waals surface area contributed by atoms with Crippen molar-refractivity contribution in [3.05, 3.63) is 58.6 Å². The van der Waals surface area contributed by atoms with Crippen molar-refractivity contribution in [3.63, 3.8) is 0 Å². The molecule has 0 amide bonds. The van der Waals surface area contributed by atoms with E-state index in [1.165, 1.54) is 12.1 Å². The van der Waals surface area contributed by atoms with Crippen molar-refractivity contribution in [2.75, 3.05) is 7.11 Å². The van der Waals surface area contributed by atoms with Crippen molar-refractivity contribution < 1.29 is 9.13 Å². The largest absolute Gasteiger partial charge is 0.495 e. The third-order valence-electron chi connectivity index (χ3n) is 2.74. The Morgan fingerprint density at radius 2 is 2.21 bits per heavy atom. The zero-order valence-corrected chi connectivity index (χ0v) is 11.0. The number of halogens is 2. The van der Waals surface area contributed by atoms with Gasteiger partial charge in [0.15, 0.2) is 0 Å². The van der Waals surface area contributed by atoms with E-state index in [-0.39, 0.29) is 5.02 Å². The number of pyridine rings is 1. The zero-order valence-electron chi connectivity index (χ0n) is 10.2. The topological polar surface area (TPSA) is 60.2 Å². The second kappa shape index (κ2) is 5.97. The van der Waals surface area contributed by atoms with E-state index >= 15 is 0 Å². The van der Waals surface area contributed by atoms with Crippen LogP contribution in [0.2, 0.25) is 5.02 Å². The van der Waals surface area contributed by atoms with Crippen LogP contribution >= 0.6 is 11.6 Å². The minimum atomic E-state index is -0.478. The average Bonchev–Trinajstić information content (AvgIpc) is 2.44. The van der Waals surface area contributed by atoms with E-state index in [2.05, 4.69) is 10.4 Å². The van der Waals surface area contributed by atoms with Crippen LogP contribution in [-0.4, -0.2) is 12.1 Å². The molecule has 0 aliphatic rings. The van der Waals surface area contributed by atoms with Crippen LogP contribution in [0, 0.1) is 5.82 Å². The Hall–Kier alpha value is -1.69. The van der Waals surface area contributed by atoms with Gasteiger partial charge in [0.1, 0.15) is 17.3 Å². The Morgan fingerprint density at radius 1 is 1.42 bits per heavy atom. The van der Waals surface area contributed by atoms with E-state index in [4.69, 9.17) is 22.2 Å². The van der Waals surface area contributed by atoms with Crippen molar-refractivity contribution in [1.29, 1.82) is 0 Å². The van der Waals surface area contributed by atoms with E-state index in [1.807, 2.05) is 0 Å². The van der Waals surface area contributed by atoms with E-state index in [0.29, 0.717) is 17.0 Å². The molecule has 0 bridgehead atoms. The van der Waals surface area contributed by atoms with Gasteiger partial charge in [-0.1, -0.05) is 17.7 Å². The molecule has 0 radical (unpaired) electrons. The molecule has 1 aromatic carbocycles. The Morgan fingerprint density at radius 3 is 2.84 bits per heavy atom. The van der Waals surface area contributed by atoms with Gasteiger partial charge in [0, 0.05) is 6.20 Å². The lowest BCUT2D eigenvalue weighted by Crippen LogP contribution is -2.29. The fourth-order valence-corrected chi connectivity index (χ4v) is 2.01. The van der Waals surface area contributed by atoms with Crippen LogP contribution in [0.15, 0.2) is 36.5 Å². The van der Waals surface area contributed by atoms with Gasteiger partial charge in [-0.15, -0.1) is 0 Å². The Bertz CT molecular complexity index is 580. The lowest BCUT2D eigenvalue weighted by molar-refractivity contribution is 0.400. The smallest absolute Gasteiger partial charge is 0.142 e. The summed E-state index contributed by atoms with van der Waals surface area (Å²) in [7, 11) is 1.55. The predicted octanol–water partition coefficient (Wildman–Crippen LogP) is 2.44. The molecule has 0 spiro atoms. The highest BCUT2D eigenvalue weighted by molar-refractivity contribution is 6.30. The molecule has 0 aliphatic carbocycles. The first-order chi connectivity index (χ1) is 9.17. The number of hydrogen-bond donors (Lipinski definition) is 2. The predicted molar refractivity (Wildman–Crippen MR) is 71.4 cm³/mol. The van der Waals surface area contributed by atoms with E-state index in [9.17, 15) is 4.39 Å². The van der Waals surface area contributed by atoms with Crippen LogP contribution in [0.3, 0.4) is 0 Å². The van der Waals surface area contributed by atoms with Crippen LogP contribution in [0.25, 0.3) is 0 Å². The summed E-state index contributed by atoms with van der Waals surface area (Å²) >= 11 is 5.78. The minimum absolute atomic E-state index is 0.0349. The lowest BCUT2D eigenvalue weighted by atomic mass is 10.0. The molecule has 6 heteroatoms. The molecule has 1 heterocycles. The molecule has 100 valence electrons. The molecule has 1 atom stereocenters. The number of methoxy groups -OCH3 is 1. The summed E-state index contributed by atoms with van der Waals surface area (Å²) in [6, 6.07) is 7.49. The number of hydrazine groups is 1. The summed E-state index contributed by atoms with van der Waals surface area (Å²) < 4.78 is 18.4. The molecular weight excluding hydrogens is 269 g/mol. The van der Waals surface area contributed by atoms with Crippen molar-refractivity contribution in [2.45, 2.75) is 6.04 Å². The second-order valence-corrected chi connectivity index (χ2v) is 4.27. The summed E-state index contributed by atoms with van der Waals surface area (Å²) in [5.41, 5.74) is 3.94. The Balaban J connectivity index is 2.46. The van der Waals surface area contributed by atoms with E-state index in [0.717, 1.165) is 0 Å². The van der Waals surface area contributed by atoms with Crippen molar-refractivity contribution in [1.82, 2.24) is 10.4 Å². The number of ether oxygens (including phenoxy) is 1. The molecule has 4 nitrogen and oxygen atoms in total. The highest BCUT2D eigenvalue weighted by atomic mass is 35.5. The molecule has 0 saturated carbocycles. The maximum atomic E-state index is 13.2. The molecule has 1 aromatic heterocycles. The van der Waals surface area contributed by atoms with E-state index in [1.54, 1.807) is 31.5 Å². The molecule has 0 aliphatic heterocycles. The molecule has 0 fully saturated rings. The number of nitrogens with one attached hydrogen (secondary N) is 1. The maximum absolute atomic E-state index is 13.2. The summed E-state index contributed by atoms with van der Waals surface area (Å²) in [6.45, 7) is 0. The zero-order chi connectivity index (χ0) is 13.8. The molecule has 3 N–H and O–H groups in total. The van der Waals surface area contributed by atoms with Gasteiger partial charge >= 0.3 is 0 Å². The van der Waals surface area contributed by atoms with Gasteiger partial charge in [-0.2, -0.15) is 0 Å². The second-order valence-electron chi connectivity index (χ2n) is 3.86. The Kier molecular flexibility index (Phi) is 4.31. The summed E-state index contributed by atoms with van der Waals surface area (Å²) in [6.07, 6.45) is 1.63. The standard InChI is InChI=1S/C13H13ClFN3O/c1-19-11-3-2-6-17-13(11)12(18-16)8-4-5-10(15)9(14)7-8/h2-7,12,18H,16H2,1H3. The Labute approximate surface area is 115 Å². The number of nitrogens with two attached hydrogens (primary N) is 1. The van der Waals surface area contributed by atoms with Crippen LogP contribution in [0.5, 0.6) is 5.75 Å². The molecule has 2 aromatic rings. The first-order valence-corrected chi connectivity index (χ1v) is 5.95. The normalized spacial score (nSPS) is 12.2. The number of hydrogen-bond acceptors (Lipinski definition) is 4. The maximum Gasteiger partial charge on any atom is 0.142 e. The SMILES string of the molecule is COc1cccnc1C(NN)c1ccc(F)c(Cl)c1. The summed E-state index contributed by atoms with van der Waals surface area (Å²) in [4.78, 5) is 4.24. The molecule has 19 heavy (non-hydrogen) atoms. The number of benzene rings is 1. The fraction of sp³-hybridized carbons (Fsp3) is 0.154. The van der Waals surface area contributed by atoms with Gasteiger partial charge in [0.2, 0.25) is 0 Å². The summed E-state index contributed by atoms with van der Waals surface area (Å²) in [5, 5.41) is 0.0349. The number of aromatic nitrogens is 1. The lowest BCUT2D eigenvalue weighted by Gasteiger charge is -2.18. The molecular formula is C13H13ClFN3O. The fourth-order valence-electron chi connectivity index (χ4n) is 1.82. The quantitative estimate of drug-likeness (QED) is 0.667.